The van der Waals surface area contributed by atoms with Crippen molar-refractivity contribution in [2.75, 3.05) is 26.7 Å². The van der Waals surface area contributed by atoms with E-state index in [0.29, 0.717) is 5.56 Å². The van der Waals surface area contributed by atoms with E-state index < -0.39 is 28.0 Å². The minimum absolute atomic E-state index is 0.0345. The summed E-state index contributed by atoms with van der Waals surface area (Å²) >= 11 is 0. The first kappa shape index (κ1) is 28.4. The van der Waals surface area contributed by atoms with Gasteiger partial charge in [-0.3, -0.25) is 4.79 Å². The molecule has 8 nitrogen and oxygen atoms in total. The zero-order chi connectivity index (χ0) is 28.2. The van der Waals surface area contributed by atoms with Gasteiger partial charge in [0.2, 0.25) is 15.9 Å². The lowest BCUT2D eigenvalue weighted by Gasteiger charge is -2.37. The quantitative estimate of drug-likeness (QED) is 0.454. The maximum atomic E-state index is 13.6. The Bertz CT molecular complexity index is 1430. The number of amides is 1. The fourth-order valence-corrected chi connectivity index (χ4v) is 5.51. The molecule has 10 heteroatoms. The van der Waals surface area contributed by atoms with Gasteiger partial charge in [-0.25, -0.2) is 17.8 Å². The lowest BCUT2D eigenvalue weighted by atomic mass is 10.00. The first-order chi connectivity index (χ1) is 18.6. The summed E-state index contributed by atoms with van der Waals surface area (Å²) in [5.41, 5.74) is 1.90. The highest BCUT2D eigenvalue weighted by Crippen LogP contribution is 2.28. The van der Waals surface area contributed by atoms with Crippen LogP contribution in [-0.2, 0) is 10.0 Å². The van der Waals surface area contributed by atoms with Gasteiger partial charge < -0.3 is 14.7 Å². The van der Waals surface area contributed by atoms with Gasteiger partial charge in [-0.15, -0.1) is 0 Å². The third-order valence-electron chi connectivity index (χ3n) is 6.77. The molecule has 2 heterocycles. The van der Waals surface area contributed by atoms with Gasteiger partial charge in [0, 0.05) is 25.7 Å². The van der Waals surface area contributed by atoms with Crippen LogP contribution in [0, 0.1) is 11.7 Å². The molecule has 1 aromatic heterocycles. The normalized spacial score (nSPS) is 18.9. The summed E-state index contributed by atoms with van der Waals surface area (Å²) in [6.45, 7) is 3.57. The number of rotatable bonds is 8. The summed E-state index contributed by atoms with van der Waals surface area (Å²) in [4.78, 5) is 19.6. The van der Waals surface area contributed by atoms with Crippen molar-refractivity contribution in [3.63, 3.8) is 0 Å². The zero-order valence-corrected chi connectivity index (χ0v) is 22.9. The number of pyridine rings is 1. The predicted octanol–water partition coefficient (Wildman–Crippen LogP) is 3.93. The summed E-state index contributed by atoms with van der Waals surface area (Å²) in [5, 5.41) is 9.86. The van der Waals surface area contributed by atoms with Crippen LogP contribution in [0.1, 0.15) is 35.3 Å². The number of carbonyl (C=O) groups excluding carboxylic acids is 1. The van der Waals surface area contributed by atoms with Gasteiger partial charge in [0.05, 0.1) is 24.1 Å². The van der Waals surface area contributed by atoms with Crippen molar-refractivity contribution in [2.24, 2.45) is 5.92 Å². The minimum Gasteiger partial charge on any atom is -0.472 e. The number of halogens is 1. The highest BCUT2D eigenvalue weighted by atomic mass is 32.2. The topological polar surface area (TPSA) is 100 Å². The first-order valence-electron chi connectivity index (χ1n) is 12.6. The van der Waals surface area contributed by atoms with Crippen LogP contribution in [0.4, 0.5) is 4.39 Å². The molecule has 4 rings (SSSR count). The number of carbonyl (C=O) groups is 1. The Balaban J connectivity index is 1.66. The number of aliphatic hydroxyl groups excluding tert-OH is 1. The van der Waals surface area contributed by atoms with Gasteiger partial charge in [-0.2, -0.15) is 4.31 Å². The average molecular weight is 554 g/mol. The highest BCUT2D eigenvalue weighted by Gasteiger charge is 2.35. The molecule has 0 spiro atoms. The standard InChI is InChI=1S/C29H32FN3O5S/c1-20-17-33(21(2)19-34)29(35)26-15-23(10-9-22-7-5-4-6-8-22)16-31-28(26)38-27(20)18-32(3)39(36,37)25-13-11-24(30)12-14-25/h4-16,20-21,27,34H,17-19H2,1-3H3/b10-9+/t20-,21-,27-/m1/s1. The fourth-order valence-electron chi connectivity index (χ4n) is 4.32. The number of nitrogens with zero attached hydrogens (tertiary/aromatic N) is 3. The molecule has 206 valence electrons. The van der Waals surface area contributed by atoms with Crippen molar-refractivity contribution in [1.82, 2.24) is 14.2 Å². The average Bonchev–Trinajstić information content (AvgIpc) is 2.94. The molecule has 0 bridgehead atoms. The molecule has 1 N–H and O–H groups in total. The molecular weight excluding hydrogens is 521 g/mol. The summed E-state index contributed by atoms with van der Waals surface area (Å²) in [5.74, 6) is -1.07. The maximum Gasteiger partial charge on any atom is 0.259 e. The van der Waals surface area contributed by atoms with Gasteiger partial charge >= 0.3 is 0 Å². The van der Waals surface area contributed by atoms with Crippen molar-refractivity contribution in [3.05, 3.63) is 89.4 Å². The summed E-state index contributed by atoms with van der Waals surface area (Å²) in [7, 11) is -2.50. The van der Waals surface area contributed by atoms with E-state index in [-0.39, 0.29) is 47.9 Å². The lowest BCUT2D eigenvalue weighted by molar-refractivity contribution is 0.0373. The molecular formula is C29H32FN3O5S. The van der Waals surface area contributed by atoms with E-state index in [1.165, 1.54) is 19.2 Å². The monoisotopic (exact) mass is 553 g/mol. The molecule has 1 aliphatic rings. The van der Waals surface area contributed by atoms with Crippen LogP contribution < -0.4 is 4.74 Å². The molecule has 3 aromatic rings. The van der Waals surface area contributed by atoms with Gasteiger partial charge in [0.15, 0.2) is 0 Å². The van der Waals surface area contributed by atoms with E-state index in [4.69, 9.17) is 4.74 Å². The van der Waals surface area contributed by atoms with Crippen LogP contribution in [0.3, 0.4) is 0 Å². The number of aromatic nitrogens is 1. The summed E-state index contributed by atoms with van der Waals surface area (Å²) < 4.78 is 47.0. The molecule has 0 unspecified atom stereocenters. The molecule has 3 atom stereocenters. The second-order valence-electron chi connectivity index (χ2n) is 9.73. The molecule has 1 amide bonds. The Morgan fingerprint density at radius 1 is 1.15 bits per heavy atom. The van der Waals surface area contributed by atoms with Crippen molar-refractivity contribution in [1.29, 1.82) is 0 Å². The number of hydrogen-bond donors (Lipinski definition) is 1. The lowest BCUT2D eigenvalue weighted by Crippen LogP contribution is -2.50. The van der Waals surface area contributed by atoms with E-state index >= 15 is 0 Å². The number of benzene rings is 2. The van der Waals surface area contributed by atoms with Crippen LogP contribution >= 0.6 is 0 Å². The van der Waals surface area contributed by atoms with Crippen molar-refractivity contribution in [3.8, 4) is 5.88 Å². The maximum absolute atomic E-state index is 13.6. The molecule has 2 aromatic carbocycles. The Kier molecular flexibility index (Phi) is 8.79. The number of likely N-dealkylation sites (N-methyl/N-ethyl adjacent to an activating group) is 1. The molecule has 0 fully saturated rings. The van der Waals surface area contributed by atoms with Crippen molar-refractivity contribution in [2.45, 2.75) is 30.9 Å². The highest BCUT2D eigenvalue weighted by molar-refractivity contribution is 7.89. The largest absolute Gasteiger partial charge is 0.472 e. The van der Waals surface area contributed by atoms with E-state index in [9.17, 15) is 22.7 Å². The van der Waals surface area contributed by atoms with Gasteiger partial charge in [-0.1, -0.05) is 49.4 Å². The third kappa shape index (κ3) is 6.52. The van der Waals surface area contributed by atoms with Crippen LogP contribution in [0.5, 0.6) is 5.88 Å². The predicted molar refractivity (Wildman–Crippen MR) is 147 cm³/mol. The van der Waals surface area contributed by atoms with Crippen molar-refractivity contribution >= 4 is 28.1 Å². The Labute approximate surface area is 228 Å². The van der Waals surface area contributed by atoms with Gasteiger partial charge in [0.25, 0.3) is 5.91 Å². The SMILES string of the molecule is C[C@@H]1CN([C@H](C)CO)C(=O)c2cc(/C=C/c3ccccc3)cnc2O[C@@H]1CN(C)S(=O)(=O)c1ccc(F)cc1. The van der Waals surface area contributed by atoms with E-state index in [0.717, 1.165) is 22.0 Å². The molecule has 0 saturated carbocycles. The molecule has 0 radical (unpaired) electrons. The van der Waals surface area contributed by atoms with E-state index in [2.05, 4.69) is 4.98 Å². The molecule has 1 aliphatic heterocycles. The number of aliphatic hydroxyl groups is 1. The molecule has 0 saturated heterocycles. The molecule has 39 heavy (non-hydrogen) atoms. The fraction of sp³-hybridized carbons (Fsp3) is 0.310. The number of fused-ring (bicyclic) bond motifs is 1. The zero-order valence-electron chi connectivity index (χ0n) is 22.1. The van der Waals surface area contributed by atoms with E-state index in [1.807, 2.05) is 49.4 Å². The van der Waals surface area contributed by atoms with Crippen LogP contribution in [0.25, 0.3) is 12.2 Å². The first-order valence-corrected chi connectivity index (χ1v) is 14.1. The van der Waals surface area contributed by atoms with E-state index in [1.54, 1.807) is 24.1 Å². The summed E-state index contributed by atoms with van der Waals surface area (Å²) in [6.07, 6.45) is 4.68. The third-order valence-corrected chi connectivity index (χ3v) is 8.61. The minimum atomic E-state index is -3.93. The number of ether oxygens (including phenoxy) is 1. The second-order valence-corrected chi connectivity index (χ2v) is 11.8. The molecule has 0 aliphatic carbocycles. The summed E-state index contributed by atoms with van der Waals surface area (Å²) in [6, 6.07) is 15.5. The van der Waals surface area contributed by atoms with Gasteiger partial charge in [0.1, 0.15) is 17.5 Å². The van der Waals surface area contributed by atoms with Gasteiger partial charge in [-0.05, 0) is 48.4 Å². The smallest absolute Gasteiger partial charge is 0.259 e. The second kappa shape index (κ2) is 12.1. The Morgan fingerprint density at radius 2 is 1.82 bits per heavy atom. The van der Waals surface area contributed by atoms with Crippen molar-refractivity contribution < 1.29 is 27.4 Å². The van der Waals surface area contributed by atoms with Crippen LogP contribution in [0.2, 0.25) is 0 Å². The Morgan fingerprint density at radius 3 is 2.49 bits per heavy atom. The number of sulfonamides is 1. The Hall–Kier alpha value is -3.60. The van der Waals surface area contributed by atoms with Crippen LogP contribution in [-0.4, -0.2) is 72.5 Å². The number of hydrogen-bond acceptors (Lipinski definition) is 6. The van der Waals surface area contributed by atoms with Crippen LogP contribution in [0.15, 0.2) is 71.8 Å².